The second kappa shape index (κ2) is 14.1. The first-order valence-electron chi connectivity index (χ1n) is 15.5. The predicted octanol–water partition coefficient (Wildman–Crippen LogP) is 4.76. The minimum Gasteiger partial charge on any atom is -0.497 e. The van der Waals surface area contributed by atoms with Crippen LogP contribution in [-0.2, 0) is 22.9 Å². The van der Waals surface area contributed by atoms with Gasteiger partial charge in [0.2, 0.25) is 10.0 Å². The molecule has 0 aromatic heterocycles. The molecule has 0 radical (unpaired) electrons. The van der Waals surface area contributed by atoms with E-state index < -0.39 is 28.2 Å². The minimum absolute atomic E-state index is 0.0405. The molecular weight excluding hydrogens is 608 g/mol. The van der Waals surface area contributed by atoms with E-state index in [9.17, 15) is 23.1 Å². The van der Waals surface area contributed by atoms with E-state index in [1.54, 1.807) is 42.2 Å². The summed E-state index contributed by atoms with van der Waals surface area (Å²) in [7, 11) is -0.918. The third-order valence-corrected chi connectivity index (χ3v) is 10.6. The van der Waals surface area contributed by atoms with Gasteiger partial charge in [0.15, 0.2) is 5.75 Å². The van der Waals surface area contributed by atoms with Crippen LogP contribution in [0.1, 0.15) is 48.2 Å². The summed E-state index contributed by atoms with van der Waals surface area (Å²) < 4.78 is 40.0. The molecule has 3 aromatic carbocycles. The molecule has 3 atom stereocenters. The monoisotopic (exact) mass is 650 g/mol. The van der Waals surface area contributed by atoms with Crippen LogP contribution in [0.5, 0.6) is 11.5 Å². The number of fused-ring (bicyclic) bond motifs is 2. The number of para-hydroxylation sites is 1. The van der Waals surface area contributed by atoms with Gasteiger partial charge in [0, 0.05) is 25.2 Å². The van der Waals surface area contributed by atoms with Gasteiger partial charge in [-0.1, -0.05) is 25.1 Å². The maximum Gasteiger partial charge on any atom is 0.323 e. The number of benzene rings is 3. The topological polar surface area (TPSA) is 138 Å². The van der Waals surface area contributed by atoms with Gasteiger partial charge in [0.05, 0.1) is 42.4 Å². The van der Waals surface area contributed by atoms with Gasteiger partial charge in [0.25, 0.3) is 5.91 Å². The van der Waals surface area contributed by atoms with Crippen molar-refractivity contribution in [3.05, 3.63) is 77.4 Å². The number of hydrogen-bond donors (Lipinski definition) is 3. The van der Waals surface area contributed by atoms with Gasteiger partial charge < -0.3 is 30.1 Å². The van der Waals surface area contributed by atoms with Crippen molar-refractivity contribution in [2.45, 2.75) is 56.6 Å². The zero-order chi connectivity index (χ0) is 33.0. The Morgan fingerprint density at radius 2 is 1.74 bits per heavy atom. The van der Waals surface area contributed by atoms with Crippen LogP contribution in [0.2, 0.25) is 0 Å². The number of nitrogens with zero attached hydrogens (tertiary/aromatic N) is 2. The number of sulfonamides is 1. The molecule has 246 valence electrons. The average molecular weight is 651 g/mol. The first-order valence-corrected chi connectivity index (χ1v) is 17.0. The van der Waals surface area contributed by atoms with E-state index in [4.69, 9.17) is 9.47 Å². The Morgan fingerprint density at radius 1 is 1.07 bits per heavy atom. The Kier molecular flexibility index (Phi) is 10.2. The van der Waals surface area contributed by atoms with Crippen molar-refractivity contribution >= 4 is 33.3 Å². The number of hydrogen-bond acceptors (Lipinski definition) is 7. The number of methoxy groups -OCH3 is 1. The van der Waals surface area contributed by atoms with Crippen molar-refractivity contribution < 1.29 is 32.6 Å². The maximum absolute atomic E-state index is 13.8. The lowest BCUT2D eigenvalue weighted by molar-refractivity contribution is 0.0389. The first kappa shape index (κ1) is 33.2. The maximum atomic E-state index is 13.8. The second-order valence-corrected chi connectivity index (χ2v) is 14.0. The number of likely N-dealkylation sites (N-methyl/N-ethyl adjacent to an activating group) is 1. The molecule has 0 fully saturated rings. The number of nitrogens with one attached hydrogen (secondary N) is 2. The van der Waals surface area contributed by atoms with Crippen LogP contribution in [0, 0.1) is 5.92 Å². The molecule has 1 aliphatic carbocycles. The van der Waals surface area contributed by atoms with Gasteiger partial charge in [-0.05, 0) is 86.2 Å². The highest BCUT2D eigenvalue weighted by Gasteiger charge is 2.36. The van der Waals surface area contributed by atoms with Crippen LogP contribution < -0.4 is 20.1 Å². The number of rotatable bonds is 9. The summed E-state index contributed by atoms with van der Waals surface area (Å²) >= 11 is 0. The summed E-state index contributed by atoms with van der Waals surface area (Å²) in [4.78, 5) is 28.9. The zero-order valence-corrected chi connectivity index (χ0v) is 27.5. The molecule has 0 saturated heterocycles. The van der Waals surface area contributed by atoms with E-state index in [2.05, 4.69) is 16.7 Å². The fourth-order valence-electron chi connectivity index (χ4n) is 6.01. The van der Waals surface area contributed by atoms with Crippen molar-refractivity contribution in [2.75, 3.05) is 44.5 Å². The molecule has 12 heteroatoms. The van der Waals surface area contributed by atoms with Crippen molar-refractivity contribution in [3.63, 3.8) is 0 Å². The lowest BCUT2D eigenvalue weighted by Crippen LogP contribution is -2.50. The number of carbonyl (C=O) groups is 2. The Balaban J connectivity index is 1.45. The number of aliphatic hydroxyl groups is 1. The summed E-state index contributed by atoms with van der Waals surface area (Å²) in [6.45, 7) is 3.54. The highest BCUT2D eigenvalue weighted by molar-refractivity contribution is 7.89. The second-order valence-electron chi connectivity index (χ2n) is 12.0. The van der Waals surface area contributed by atoms with Gasteiger partial charge in [-0.3, -0.25) is 4.79 Å². The van der Waals surface area contributed by atoms with Gasteiger partial charge in [0.1, 0.15) is 11.9 Å². The van der Waals surface area contributed by atoms with Crippen LogP contribution in [-0.4, -0.2) is 80.7 Å². The van der Waals surface area contributed by atoms with E-state index in [-0.39, 0.29) is 53.4 Å². The number of aliphatic hydroxyl groups excluding tert-OH is 1. The van der Waals surface area contributed by atoms with E-state index in [1.165, 1.54) is 36.2 Å². The van der Waals surface area contributed by atoms with Crippen molar-refractivity contribution in [2.24, 2.45) is 5.92 Å². The first-order chi connectivity index (χ1) is 22.0. The van der Waals surface area contributed by atoms with Gasteiger partial charge in [-0.15, -0.1) is 0 Å². The molecule has 2 aliphatic rings. The third-order valence-electron chi connectivity index (χ3n) is 8.79. The number of ether oxygens (including phenoxy) is 2. The van der Waals surface area contributed by atoms with Crippen molar-refractivity contribution in [1.29, 1.82) is 0 Å². The smallest absolute Gasteiger partial charge is 0.323 e. The molecule has 0 bridgehead atoms. The largest absolute Gasteiger partial charge is 0.497 e. The molecule has 3 unspecified atom stereocenters. The summed E-state index contributed by atoms with van der Waals surface area (Å²) in [6, 6.07) is 15.9. The molecule has 5 rings (SSSR count). The standard InChI is InChI=1S/C34H42N4O7S/c1-22-19-38(23(2)21-39)33(40)28-12-8-14-30(36-34(41)35-29-13-7-10-24-9-5-6-11-27(24)29)32(28)45-31(22)20-37(3)46(42,43)26-17-15-25(44-4)16-18-26/h7-8,10,12-18,22-23,31,39H,5-6,9,11,19-21H2,1-4H3,(H2,35,36,41). The van der Waals surface area contributed by atoms with Crippen LogP contribution in [0.3, 0.4) is 0 Å². The van der Waals surface area contributed by atoms with Crippen LogP contribution in [0.25, 0.3) is 0 Å². The summed E-state index contributed by atoms with van der Waals surface area (Å²) in [5, 5.41) is 15.8. The van der Waals surface area contributed by atoms with Crippen molar-refractivity contribution in [1.82, 2.24) is 9.21 Å². The fourth-order valence-corrected chi connectivity index (χ4v) is 7.20. The number of aryl methyl sites for hydroxylation is 1. The lowest BCUT2D eigenvalue weighted by Gasteiger charge is -2.38. The normalized spacial score (nSPS) is 18.8. The lowest BCUT2D eigenvalue weighted by atomic mass is 9.90. The third kappa shape index (κ3) is 6.98. The van der Waals surface area contributed by atoms with E-state index in [0.29, 0.717) is 5.75 Å². The number of carbonyl (C=O) groups excluding carboxylic acids is 2. The Labute approximate surface area is 270 Å². The molecule has 1 aliphatic heterocycles. The Hall–Kier alpha value is -4.13. The molecule has 11 nitrogen and oxygen atoms in total. The van der Waals surface area contributed by atoms with Gasteiger partial charge in [-0.25, -0.2) is 13.2 Å². The molecule has 46 heavy (non-hydrogen) atoms. The van der Waals surface area contributed by atoms with Crippen LogP contribution in [0.4, 0.5) is 16.2 Å². The number of amides is 3. The quantitative estimate of drug-likeness (QED) is 0.304. The molecule has 0 spiro atoms. The zero-order valence-electron chi connectivity index (χ0n) is 26.7. The fraction of sp³-hybridized carbons (Fsp3) is 0.412. The van der Waals surface area contributed by atoms with E-state index >= 15 is 0 Å². The minimum atomic E-state index is -3.90. The number of urea groups is 1. The molecule has 3 N–H and O–H groups in total. The van der Waals surface area contributed by atoms with Gasteiger partial charge >= 0.3 is 6.03 Å². The molecule has 3 amide bonds. The van der Waals surface area contributed by atoms with Crippen LogP contribution in [0.15, 0.2) is 65.6 Å². The summed E-state index contributed by atoms with van der Waals surface area (Å²) in [6.07, 6.45) is 3.31. The Morgan fingerprint density at radius 3 is 2.46 bits per heavy atom. The summed E-state index contributed by atoms with van der Waals surface area (Å²) in [5.41, 5.74) is 3.57. The SMILES string of the molecule is COc1ccc(S(=O)(=O)N(C)CC2Oc3c(NC(=O)Nc4cccc5c4CCCC5)cccc3C(=O)N(C(C)CO)CC2C)cc1. The molecule has 1 heterocycles. The highest BCUT2D eigenvalue weighted by atomic mass is 32.2. The average Bonchev–Trinajstić information content (AvgIpc) is 3.06. The summed E-state index contributed by atoms with van der Waals surface area (Å²) in [5.74, 6) is -0.0339. The number of anilines is 2. The van der Waals surface area contributed by atoms with E-state index in [1.807, 2.05) is 19.1 Å². The van der Waals surface area contributed by atoms with Crippen molar-refractivity contribution in [3.8, 4) is 11.5 Å². The predicted molar refractivity (Wildman–Crippen MR) is 176 cm³/mol. The molecule has 0 saturated carbocycles. The highest BCUT2D eigenvalue weighted by Crippen LogP contribution is 2.36. The van der Waals surface area contributed by atoms with E-state index in [0.717, 1.165) is 36.9 Å². The Bertz CT molecular complexity index is 1680. The van der Waals surface area contributed by atoms with Gasteiger partial charge in [-0.2, -0.15) is 4.31 Å². The molecule has 3 aromatic rings. The molecular formula is C34H42N4O7S. The van der Waals surface area contributed by atoms with Crippen LogP contribution >= 0.6 is 0 Å².